The molecule has 0 unspecified atom stereocenters. The van der Waals surface area contributed by atoms with Crippen LogP contribution in [-0.2, 0) is 13.7 Å². The average molecular weight is 409 g/mol. The van der Waals surface area contributed by atoms with Gasteiger partial charge in [0.2, 0.25) is 0 Å². The summed E-state index contributed by atoms with van der Waals surface area (Å²) in [4.78, 5) is 15.7. The van der Waals surface area contributed by atoms with E-state index in [1.807, 2.05) is 66.2 Å². The Hall–Kier alpha value is -4.37. The molecule has 1 N–H and O–H groups in total. The van der Waals surface area contributed by atoms with E-state index in [9.17, 15) is 10.1 Å². The van der Waals surface area contributed by atoms with Gasteiger partial charge in [-0.3, -0.25) is 0 Å². The molecule has 0 spiro atoms. The van der Waals surface area contributed by atoms with E-state index in [1.165, 1.54) is 0 Å². The van der Waals surface area contributed by atoms with Crippen molar-refractivity contribution < 1.29 is 14.6 Å². The number of allylic oxidation sites excluding steroid dienone is 1. The van der Waals surface area contributed by atoms with E-state index >= 15 is 0 Å². The van der Waals surface area contributed by atoms with Gasteiger partial charge < -0.3 is 14.4 Å². The molecule has 1 heterocycles. The van der Waals surface area contributed by atoms with Crippen LogP contribution < -0.4 is 4.74 Å². The number of carboxylic acid groups (broad SMARTS) is 1. The smallest absolute Gasteiger partial charge is 0.335 e. The van der Waals surface area contributed by atoms with Crippen molar-refractivity contribution in [2.24, 2.45) is 7.05 Å². The number of hydrogen-bond donors (Lipinski definition) is 1. The molecule has 0 fully saturated rings. The lowest BCUT2D eigenvalue weighted by Gasteiger charge is -2.08. The largest absolute Gasteiger partial charge is 0.489 e. The number of rotatable bonds is 6. The first kappa shape index (κ1) is 19.9. The van der Waals surface area contributed by atoms with Crippen LogP contribution in [0.4, 0.5) is 0 Å². The van der Waals surface area contributed by atoms with E-state index in [1.54, 1.807) is 24.3 Å². The van der Waals surface area contributed by atoms with Gasteiger partial charge in [-0.25, -0.2) is 9.78 Å². The lowest BCUT2D eigenvalue weighted by atomic mass is 10.1. The molecular formula is C25H19N3O3. The van der Waals surface area contributed by atoms with Crippen molar-refractivity contribution in [3.05, 3.63) is 95.3 Å². The lowest BCUT2D eigenvalue weighted by Crippen LogP contribution is -2.00. The Morgan fingerprint density at radius 3 is 2.71 bits per heavy atom. The number of nitrogens with zero attached hydrogens (tertiary/aromatic N) is 3. The minimum Gasteiger partial charge on any atom is -0.489 e. The Morgan fingerprint density at radius 2 is 1.94 bits per heavy atom. The Labute approximate surface area is 179 Å². The van der Waals surface area contributed by atoms with Crippen molar-refractivity contribution in [2.45, 2.75) is 6.61 Å². The number of nitriles is 1. The van der Waals surface area contributed by atoms with Gasteiger partial charge in [0.1, 0.15) is 18.4 Å². The van der Waals surface area contributed by atoms with Gasteiger partial charge in [0, 0.05) is 7.05 Å². The van der Waals surface area contributed by atoms with Crippen molar-refractivity contribution in [2.75, 3.05) is 0 Å². The van der Waals surface area contributed by atoms with Gasteiger partial charge in [0.15, 0.2) is 5.82 Å². The van der Waals surface area contributed by atoms with Crippen LogP contribution in [0.25, 0.3) is 22.7 Å². The number of imidazole rings is 1. The van der Waals surface area contributed by atoms with E-state index in [0.29, 0.717) is 17.1 Å². The highest BCUT2D eigenvalue weighted by Crippen LogP contribution is 2.24. The minimum absolute atomic E-state index is 0.221. The molecule has 0 amide bonds. The standard InChI is InChI=1S/C25H19N3O3/c1-28-23-11-3-2-10-22(23)27-24(28)20(15-26)12-17-6-5-9-21(14-17)31-16-18-7-4-8-19(13-18)25(29)30/h2-14H,16H2,1H3,(H,29,30)/b20-12+. The van der Waals surface area contributed by atoms with Crippen LogP contribution in [0.3, 0.4) is 0 Å². The zero-order valence-corrected chi connectivity index (χ0v) is 16.8. The van der Waals surface area contributed by atoms with Gasteiger partial charge >= 0.3 is 5.97 Å². The lowest BCUT2D eigenvalue weighted by molar-refractivity contribution is 0.0696. The summed E-state index contributed by atoms with van der Waals surface area (Å²) in [6, 6.07) is 24.0. The van der Waals surface area contributed by atoms with E-state index in [4.69, 9.17) is 9.84 Å². The van der Waals surface area contributed by atoms with Crippen LogP contribution in [0.2, 0.25) is 0 Å². The zero-order chi connectivity index (χ0) is 21.8. The first-order valence-corrected chi connectivity index (χ1v) is 9.64. The molecule has 31 heavy (non-hydrogen) atoms. The molecule has 0 aliphatic rings. The van der Waals surface area contributed by atoms with Crippen LogP contribution >= 0.6 is 0 Å². The molecule has 3 aromatic carbocycles. The molecule has 6 heteroatoms. The van der Waals surface area contributed by atoms with Crippen molar-refractivity contribution in [1.82, 2.24) is 9.55 Å². The molecule has 0 aliphatic carbocycles. The first-order chi connectivity index (χ1) is 15.0. The topological polar surface area (TPSA) is 88.1 Å². The zero-order valence-electron chi connectivity index (χ0n) is 16.8. The van der Waals surface area contributed by atoms with Crippen molar-refractivity contribution in [3.63, 3.8) is 0 Å². The molecule has 0 aliphatic heterocycles. The number of aromatic carboxylic acids is 1. The molecule has 0 bridgehead atoms. The van der Waals surface area contributed by atoms with Crippen LogP contribution in [0, 0.1) is 11.3 Å². The van der Waals surface area contributed by atoms with Crippen LogP contribution in [-0.4, -0.2) is 20.6 Å². The summed E-state index contributed by atoms with van der Waals surface area (Å²) in [5.41, 5.74) is 4.03. The fraction of sp³-hybridized carbons (Fsp3) is 0.0800. The minimum atomic E-state index is -0.972. The number of para-hydroxylation sites is 2. The summed E-state index contributed by atoms with van der Waals surface area (Å²) in [6.45, 7) is 0.240. The maximum atomic E-state index is 11.1. The third-order valence-electron chi connectivity index (χ3n) is 4.90. The molecule has 0 saturated carbocycles. The number of hydrogen-bond acceptors (Lipinski definition) is 4. The second-order valence-electron chi connectivity index (χ2n) is 7.02. The number of fused-ring (bicyclic) bond motifs is 1. The predicted octanol–water partition coefficient (Wildman–Crippen LogP) is 4.91. The van der Waals surface area contributed by atoms with Gasteiger partial charge in [-0.1, -0.05) is 36.4 Å². The number of carbonyl (C=O) groups is 1. The summed E-state index contributed by atoms with van der Waals surface area (Å²) in [7, 11) is 1.89. The SMILES string of the molecule is Cn1c(/C(C#N)=C/c2cccc(OCc3cccc(C(=O)O)c3)c2)nc2ccccc21. The molecular weight excluding hydrogens is 390 g/mol. The molecule has 0 atom stereocenters. The number of aryl methyl sites for hydroxylation is 1. The third-order valence-corrected chi connectivity index (χ3v) is 4.90. The van der Waals surface area contributed by atoms with E-state index in [0.717, 1.165) is 22.2 Å². The predicted molar refractivity (Wildman–Crippen MR) is 118 cm³/mol. The highest BCUT2D eigenvalue weighted by atomic mass is 16.5. The normalized spacial score (nSPS) is 11.3. The molecule has 152 valence electrons. The molecule has 6 nitrogen and oxygen atoms in total. The fourth-order valence-corrected chi connectivity index (χ4v) is 3.35. The molecule has 1 aromatic heterocycles. The average Bonchev–Trinajstić information content (AvgIpc) is 3.13. The fourth-order valence-electron chi connectivity index (χ4n) is 3.35. The number of benzene rings is 3. The van der Waals surface area contributed by atoms with Crippen LogP contribution in [0.1, 0.15) is 27.3 Å². The molecule has 4 rings (SSSR count). The number of aromatic nitrogens is 2. The van der Waals surface area contributed by atoms with Crippen LogP contribution in [0.5, 0.6) is 5.75 Å². The summed E-state index contributed by atoms with van der Waals surface area (Å²) in [5, 5.41) is 18.8. The Morgan fingerprint density at radius 1 is 1.13 bits per heavy atom. The van der Waals surface area contributed by atoms with Crippen LogP contribution in [0.15, 0.2) is 72.8 Å². The van der Waals surface area contributed by atoms with E-state index in [-0.39, 0.29) is 12.2 Å². The van der Waals surface area contributed by atoms with E-state index < -0.39 is 5.97 Å². The second-order valence-corrected chi connectivity index (χ2v) is 7.02. The van der Waals surface area contributed by atoms with Gasteiger partial charge in [-0.2, -0.15) is 5.26 Å². The van der Waals surface area contributed by atoms with Crippen molar-refractivity contribution in [1.29, 1.82) is 5.26 Å². The summed E-state index contributed by atoms with van der Waals surface area (Å²) >= 11 is 0. The Kier molecular flexibility index (Phi) is 5.50. The van der Waals surface area contributed by atoms with Gasteiger partial charge in [0.05, 0.1) is 22.2 Å². The highest BCUT2D eigenvalue weighted by molar-refractivity contribution is 5.91. The van der Waals surface area contributed by atoms with E-state index in [2.05, 4.69) is 11.1 Å². The molecule has 4 aromatic rings. The monoisotopic (exact) mass is 409 g/mol. The Bertz CT molecular complexity index is 1350. The number of carboxylic acids is 1. The van der Waals surface area contributed by atoms with Gasteiger partial charge in [-0.05, 0) is 53.6 Å². The van der Waals surface area contributed by atoms with Crippen molar-refractivity contribution >= 4 is 28.7 Å². The maximum Gasteiger partial charge on any atom is 0.335 e. The van der Waals surface area contributed by atoms with Gasteiger partial charge in [0.25, 0.3) is 0 Å². The molecule has 0 radical (unpaired) electrons. The maximum absolute atomic E-state index is 11.1. The third kappa shape index (κ3) is 4.31. The van der Waals surface area contributed by atoms with Crippen molar-refractivity contribution in [3.8, 4) is 11.8 Å². The second kappa shape index (κ2) is 8.56. The highest BCUT2D eigenvalue weighted by Gasteiger charge is 2.12. The summed E-state index contributed by atoms with van der Waals surface area (Å²) in [5.74, 6) is 0.247. The summed E-state index contributed by atoms with van der Waals surface area (Å²) in [6.07, 6.45) is 1.78. The quantitative estimate of drug-likeness (QED) is 0.457. The Balaban J connectivity index is 1.57. The first-order valence-electron chi connectivity index (χ1n) is 9.64. The van der Waals surface area contributed by atoms with Gasteiger partial charge in [-0.15, -0.1) is 0 Å². The molecule has 0 saturated heterocycles. The number of ether oxygens (including phenoxy) is 1. The summed E-state index contributed by atoms with van der Waals surface area (Å²) < 4.78 is 7.74.